The zero-order chi connectivity index (χ0) is 27.2. The summed E-state index contributed by atoms with van der Waals surface area (Å²) in [6.45, 7) is 7.46. The van der Waals surface area contributed by atoms with Crippen molar-refractivity contribution in [2.24, 2.45) is 7.05 Å². The summed E-state index contributed by atoms with van der Waals surface area (Å²) in [5.41, 5.74) is -0.330. The van der Waals surface area contributed by atoms with Gasteiger partial charge in [0.05, 0.1) is 18.4 Å². The minimum atomic E-state index is -5.21. The fourth-order valence-corrected chi connectivity index (χ4v) is 4.52. The summed E-state index contributed by atoms with van der Waals surface area (Å²) in [6.07, 6.45) is -3.36. The largest absolute Gasteiger partial charge is 0.491 e. The second kappa shape index (κ2) is 9.32. The van der Waals surface area contributed by atoms with Crippen molar-refractivity contribution in [3.8, 4) is 28.3 Å². The Hall–Kier alpha value is -3.68. The van der Waals surface area contributed by atoms with Gasteiger partial charge in [-0.1, -0.05) is 6.07 Å². The van der Waals surface area contributed by atoms with Crippen LogP contribution in [0.5, 0.6) is 5.75 Å². The summed E-state index contributed by atoms with van der Waals surface area (Å²) in [7, 11) is 1.58. The SMILES string of the molecule is Cn1ncc(-c2ccc(-c3cnc(N[C@H]4CC(C)(C)NC(C)(C)[C@H]4F)nn3)c(OC(=O)C(F)(F)F)c2)n1. The summed E-state index contributed by atoms with van der Waals surface area (Å²) in [6, 6.07) is 3.60. The number of ether oxygens (including phenoxy) is 1. The van der Waals surface area contributed by atoms with Gasteiger partial charge in [-0.05, 0) is 46.2 Å². The van der Waals surface area contributed by atoms with Crippen molar-refractivity contribution in [2.75, 3.05) is 5.32 Å². The fraction of sp³-hybridized carbons (Fsp3) is 0.478. The van der Waals surface area contributed by atoms with Gasteiger partial charge in [0.1, 0.15) is 23.3 Å². The van der Waals surface area contributed by atoms with Crippen molar-refractivity contribution in [1.82, 2.24) is 35.5 Å². The van der Waals surface area contributed by atoms with Gasteiger partial charge >= 0.3 is 12.1 Å². The summed E-state index contributed by atoms with van der Waals surface area (Å²) < 4.78 is 58.5. The summed E-state index contributed by atoms with van der Waals surface area (Å²) in [5, 5.41) is 22.3. The Labute approximate surface area is 209 Å². The van der Waals surface area contributed by atoms with Crippen molar-refractivity contribution in [3.05, 3.63) is 30.6 Å². The maximum absolute atomic E-state index is 15.1. The number of carbonyl (C=O) groups excluding carboxylic acids is 1. The number of piperidine rings is 1. The highest BCUT2D eigenvalue weighted by Gasteiger charge is 2.46. The summed E-state index contributed by atoms with van der Waals surface area (Å²) >= 11 is 0. The van der Waals surface area contributed by atoms with E-state index in [1.54, 1.807) is 27.0 Å². The molecule has 37 heavy (non-hydrogen) atoms. The maximum atomic E-state index is 15.1. The van der Waals surface area contributed by atoms with E-state index in [0.717, 1.165) is 0 Å². The lowest BCUT2D eigenvalue weighted by Crippen LogP contribution is -2.67. The van der Waals surface area contributed by atoms with Crippen LogP contribution < -0.4 is 15.4 Å². The van der Waals surface area contributed by atoms with Crippen LogP contribution in [-0.4, -0.2) is 65.6 Å². The number of halogens is 4. The van der Waals surface area contributed by atoms with Crippen LogP contribution in [-0.2, 0) is 11.8 Å². The van der Waals surface area contributed by atoms with E-state index in [1.165, 1.54) is 29.3 Å². The molecule has 198 valence electrons. The van der Waals surface area contributed by atoms with E-state index in [2.05, 4.69) is 40.7 Å². The van der Waals surface area contributed by atoms with Gasteiger partial charge in [0, 0.05) is 29.3 Å². The molecule has 0 bridgehead atoms. The first-order valence-corrected chi connectivity index (χ1v) is 11.3. The van der Waals surface area contributed by atoms with Crippen LogP contribution in [0.4, 0.5) is 23.5 Å². The molecule has 2 atom stereocenters. The number of aryl methyl sites for hydroxylation is 1. The minimum absolute atomic E-state index is 0.0454. The van der Waals surface area contributed by atoms with Gasteiger partial charge in [-0.3, -0.25) is 0 Å². The molecular formula is C23H26F4N8O2. The van der Waals surface area contributed by atoms with Gasteiger partial charge in [-0.25, -0.2) is 14.2 Å². The second-order valence-electron chi connectivity index (χ2n) is 10.1. The van der Waals surface area contributed by atoms with Crippen LogP contribution in [0.3, 0.4) is 0 Å². The van der Waals surface area contributed by atoms with Gasteiger partial charge in [0.15, 0.2) is 0 Å². The molecule has 0 radical (unpaired) electrons. The molecule has 0 amide bonds. The number of anilines is 1. The molecular weight excluding hydrogens is 496 g/mol. The average molecular weight is 523 g/mol. The van der Waals surface area contributed by atoms with E-state index in [0.29, 0.717) is 17.7 Å². The normalized spacial score (nSPS) is 20.9. The highest BCUT2D eigenvalue weighted by molar-refractivity contribution is 5.82. The van der Waals surface area contributed by atoms with E-state index < -0.39 is 35.6 Å². The van der Waals surface area contributed by atoms with Crippen LogP contribution in [0.2, 0.25) is 0 Å². The number of hydrogen-bond donors (Lipinski definition) is 2. The average Bonchev–Trinajstić information content (AvgIpc) is 3.22. The molecule has 0 spiro atoms. The van der Waals surface area contributed by atoms with Crippen LogP contribution in [0.15, 0.2) is 30.6 Å². The van der Waals surface area contributed by atoms with Crippen molar-refractivity contribution >= 4 is 11.9 Å². The number of nitrogens with one attached hydrogen (secondary N) is 2. The molecule has 0 unspecified atom stereocenters. The molecule has 2 N–H and O–H groups in total. The Bertz CT molecular complexity index is 1290. The van der Waals surface area contributed by atoms with Crippen molar-refractivity contribution in [3.63, 3.8) is 0 Å². The van der Waals surface area contributed by atoms with E-state index in [-0.39, 0.29) is 22.7 Å². The van der Waals surface area contributed by atoms with E-state index in [9.17, 15) is 18.0 Å². The number of rotatable bonds is 5. The predicted molar refractivity (Wildman–Crippen MR) is 125 cm³/mol. The third-order valence-corrected chi connectivity index (χ3v) is 5.90. The molecule has 14 heteroatoms. The van der Waals surface area contributed by atoms with E-state index in [1.807, 2.05) is 13.8 Å². The molecule has 1 aliphatic heterocycles. The number of hydrogen-bond acceptors (Lipinski definition) is 9. The molecule has 1 saturated heterocycles. The Morgan fingerprint density at radius 3 is 2.49 bits per heavy atom. The molecule has 1 fully saturated rings. The summed E-state index contributed by atoms with van der Waals surface area (Å²) in [4.78, 5) is 17.0. The van der Waals surface area contributed by atoms with E-state index in [4.69, 9.17) is 0 Å². The molecule has 10 nitrogen and oxygen atoms in total. The number of nitrogens with zero attached hydrogens (tertiary/aromatic N) is 6. The van der Waals surface area contributed by atoms with Gasteiger partial charge in [-0.2, -0.15) is 28.2 Å². The molecule has 3 aromatic rings. The number of aromatic nitrogens is 6. The molecule has 0 saturated carbocycles. The fourth-order valence-electron chi connectivity index (χ4n) is 4.52. The first kappa shape index (κ1) is 26.4. The summed E-state index contributed by atoms with van der Waals surface area (Å²) in [5.74, 6) is -2.75. The molecule has 4 rings (SSSR count). The zero-order valence-electron chi connectivity index (χ0n) is 20.8. The van der Waals surface area contributed by atoms with Gasteiger partial charge in [0.2, 0.25) is 5.95 Å². The zero-order valence-corrected chi connectivity index (χ0v) is 20.8. The van der Waals surface area contributed by atoms with Crippen molar-refractivity contribution in [2.45, 2.75) is 63.6 Å². The third-order valence-electron chi connectivity index (χ3n) is 5.90. The van der Waals surface area contributed by atoms with Gasteiger partial charge in [0.25, 0.3) is 0 Å². The second-order valence-corrected chi connectivity index (χ2v) is 10.1. The van der Waals surface area contributed by atoms with Crippen molar-refractivity contribution < 1.29 is 27.1 Å². The predicted octanol–water partition coefficient (Wildman–Crippen LogP) is 3.47. The third kappa shape index (κ3) is 5.84. The molecule has 1 aromatic carbocycles. The first-order valence-electron chi connectivity index (χ1n) is 11.3. The lowest BCUT2D eigenvalue weighted by atomic mass is 9.78. The lowest BCUT2D eigenvalue weighted by Gasteiger charge is -2.48. The number of benzene rings is 1. The van der Waals surface area contributed by atoms with Crippen LogP contribution in [0.1, 0.15) is 34.1 Å². The first-order chi connectivity index (χ1) is 17.1. The topological polar surface area (TPSA) is 120 Å². The quantitative estimate of drug-likeness (QED) is 0.295. The lowest BCUT2D eigenvalue weighted by molar-refractivity contribution is -0.189. The van der Waals surface area contributed by atoms with Crippen LogP contribution >= 0.6 is 0 Å². The highest BCUT2D eigenvalue weighted by atomic mass is 19.4. The molecule has 3 heterocycles. The standard InChI is InChI=1S/C23H26F4N8O2/c1-21(2)9-14(18(24)22(3,4)34-21)30-20-28-10-16(31-32-20)13-7-6-12(15-11-29-35(5)33-15)8-17(13)37-19(36)23(25,26)27/h6-8,10-11,14,18,34H,9H2,1-5H3,(H,28,30,32)/t14-,18-/m0/s1. The van der Waals surface area contributed by atoms with E-state index >= 15 is 4.39 Å². The Morgan fingerprint density at radius 2 is 1.89 bits per heavy atom. The number of carbonyl (C=O) groups is 1. The Kier molecular flexibility index (Phi) is 6.65. The smallest absolute Gasteiger partial charge is 0.419 e. The molecule has 0 aliphatic carbocycles. The van der Waals surface area contributed by atoms with Crippen molar-refractivity contribution in [1.29, 1.82) is 0 Å². The Morgan fingerprint density at radius 1 is 1.16 bits per heavy atom. The number of alkyl halides is 4. The van der Waals surface area contributed by atoms with Gasteiger partial charge in [-0.15, -0.1) is 10.2 Å². The van der Waals surface area contributed by atoms with Gasteiger partial charge < -0.3 is 15.4 Å². The highest BCUT2D eigenvalue weighted by Crippen LogP contribution is 2.35. The van der Waals surface area contributed by atoms with Crippen LogP contribution in [0, 0.1) is 0 Å². The number of esters is 1. The van der Waals surface area contributed by atoms with Crippen LogP contribution in [0.25, 0.3) is 22.5 Å². The molecule has 2 aromatic heterocycles. The monoisotopic (exact) mass is 522 g/mol. The Balaban J connectivity index is 1.62. The molecule has 1 aliphatic rings. The maximum Gasteiger partial charge on any atom is 0.491 e. The minimum Gasteiger partial charge on any atom is -0.419 e.